The zero-order valence-electron chi connectivity index (χ0n) is 15.6. The summed E-state index contributed by atoms with van der Waals surface area (Å²) in [5.74, 6) is 0.356. The van der Waals surface area contributed by atoms with Crippen LogP contribution in [0.5, 0.6) is 0 Å². The molecule has 158 valence electrons. The van der Waals surface area contributed by atoms with Crippen LogP contribution in [0.3, 0.4) is 0 Å². The highest BCUT2D eigenvalue weighted by Gasteiger charge is 2.33. The summed E-state index contributed by atoms with van der Waals surface area (Å²) in [5, 5.41) is 6.92. The largest absolute Gasteiger partial charge is 0.435 e. The summed E-state index contributed by atoms with van der Waals surface area (Å²) in [6.45, 7) is 1.75. The highest BCUT2D eigenvalue weighted by Crippen LogP contribution is 2.31. The number of nitrogens with zero attached hydrogens (tertiary/aromatic N) is 4. The van der Waals surface area contributed by atoms with Gasteiger partial charge in [-0.05, 0) is 36.6 Å². The molecule has 0 bridgehead atoms. The predicted octanol–water partition coefficient (Wildman–Crippen LogP) is 4.62. The zero-order valence-corrected chi connectivity index (χ0v) is 15.6. The van der Waals surface area contributed by atoms with Gasteiger partial charge in [0.25, 0.3) is 0 Å². The smallest absolute Gasteiger partial charge is 0.355 e. The lowest BCUT2D eigenvalue weighted by molar-refractivity contribution is -0.141. The molecule has 1 fully saturated rings. The SMILES string of the molecule is CN(c1ccc(C(F)(F)F)nn1)C1CCN(Cc2cccc(C(F)(F)F)c2)CC1. The summed E-state index contributed by atoms with van der Waals surface area (Å²) >= 11 is 0. The quantitative estimate of drug-likeness (QED) is 0.679. The molecule has 0 atom stereocenters. The van der Waals surface area contributed by atoms with Gasteiger partial charge in [0, 0.05) is 32.7 Å². The highest BCUT2D eigenvalue weighted by molar-refractivity contribution is 5.38. The minimum Gasteiger partial charge on any atom is -0.355 e. The zero-order chi connectivity index (χ0) is 21.2. The van der Waals surface area contributed by atoms with Gasteiger partial charge in [0.15, 0.2) is 11.5 Å². The van der Waals surface area contributed by atoms with E-state index in [2.05, 4.69) is 15.1 Å². The van der Waals surface area contributed by atoms with Crippen molar-refractivity contribution in [2.45, 2.75) is 37.8 Å². The van der Waals surface area contributed by atoms with Crippen molar-refractivity contribution in [3.05, 3.63) is 53.2 Å². The van der Waals surface area contributed by atoms with E-state index in [1.165, 1.54) is 12.1 Å². The van der Waals surface area contributed by atoms with E-state index in [1.54, 1.807) is 18.0 Å². The molecule has 4 nitrogen and oxygen atoms in total. The highest BCUT2D eigenvalue weighted by atomic mass is 19.4. The lowest BCUT2D eigenvalue weighted by Gasteiger charge is -2.37. The number of aromatic nitrogens is 2. The number of hydrogen-bond acceptors (Lipinski definition) is 4. The lowest BCUT2D eigenvalue weighted by atomic mass is 10.0. The van der Waals surface area contributed by atoms with Crippen LogP contribution in [0.15, 0.2) is 36.4 Å². The molecule has 0 amide bonds. The molecular weight excluding hydrogens is 398 g/mol. The molecule has 2 aromatic rings. The van der Waals surface area contributed by atoms with Gasteiger partial charge < -0.3 is 4.90 Å². The predicted molar refractivity (Wildman–Crippen MR) is 95.2 cm³/mol. The monoisotopic (exact) mass is 418 g/mol. The van der Waals surface area contributed by atoms with E-state index >= 15 is 0 Å². The van der Waals surface area contributed by atoms with Crippen molar-refractivity contribution < 1.29 is 26.3 Å². The summed E-state index contributed by atoms with van der Waals surface area (Å²) in [6.07, 6.45) is -7.45. The van der Waals surface area contributed by atoms with Crippen LogP contribution in [0.25, 0.3) is 0 Å². The maximum absolute atomic E-state index is 12.8. The van der Waals surface area contributed by atoms with Crippen molar-refractivity contribution in [3.63, 3.8) is 0 Å². The molecule has 0 saturated carbocycles. The van der Waals surface area contributed by atoms with Crippen LogP contribution in [-0.2, 0) is 18.9 Å². The lowest BCUT2D eigenvalue weighted by Crippen LogP contribution is -2.43. The number of rotatable bonds is 4. The topological polar surface area (TPSA) is 32.3 Å². The van der Waals surface area contributed by atoms with E-state index < -0.39 is 23.6 Å². The Morgan fingerprint density at radius 3 is 2.21 bits per heavy atom. The van der Waals surface area contributed by atoms with Crippen molar-refractivity contribution in [1.82, 2.24) is 15.1 Å². The molecule has 0 radical (unpaired) electrons. The summed E-state index contributed by atoms with van der Waals surface area (Å²) in [6, 6.07) is 7.56. The average Bonchev–Trinajstić information content (AvgIpc) is 2.67. The Morgan fingerprint density at radius 2 is 1.66 bits per heavy atom. The second-order valence-electron chi connectivity index (χ2n) is 7.09. The maximum atomic E-state index is 12.8. The Balaban J connectivity index is 1.56. The second kappa shape index (κ2) is 8.17. The van der Waals surface area contributed by atoms with E-state index in [0.717, 1.165) is 31.0 Å². The first-order chi connectivity index (χ1) is 13.5. The Kier molecular flexibility index (Phi) is 6.02. The second-order valence-corrected chi connectivity index (χ2v) is 7.09. The third-order valence-electron chi connectivity index (χ3n) is 5.07. The van der Waals surface area contributed by atoms with E-state index in [0.29, 0.717) is 31.0 Å². The van der Waals surface area contributed by atoms with Crippen molar-refractivity contribution in [1.29, 1.82) is 0 Å². The molecule has 29 heavy (non-hydrogen) atoms. The summed E-state index contributed by atoms with van der Waals surface area (Å²) in [7, 11) is 1.75. The normalized spacial score (nSPS) is 16.8. The van der Waals surface area contributed by atoms with Gasteiger partial charge >= 0.3 is 12.4 Å². The van der Waals surface area contributed by atoms with E-state index in [1.807, 2.05) is 0 Å². The molecule has 0 spiro atoms. The van der Waals surface area contributed by atoms with Crippen LogP contribution in [0.1, 0.15) is 29.7 Å². The van der Waals surface area contributed by atoms with Gasteiger partial charge in [-0.3, -0.25) is 4.90 Å². The third-order valence-corrected chi connectivity index (χ3v) is 5.07. The molecule has 1 saturated heterocycles. The van der Waals surface area contributed by atoms with Gasteiger partial charge in [-0.2, -0.15) is 26.3 Å². The third kappa shape index (κ3) is 5.37. The van der Waals surface area contributed by atoms with Crippen LogP contribution in [0, 0.1) is 0 Å². The summed E-state index contributed by atoms with van der Waals surface area (Å²) in [4.78, 5) is 3.87. The molecule has 1 aliphatic heterocycles. The first-order valence-corrected chi connectivity index (χ1v) is 9.06. The molecule has 0 N–H and O–H groups in total. The van der Waals surface area contributed by atoms with Gasteiger partial charge in [-0.1, -0.05) is 18.2 Å². The Labute approximate surface area is 164 Å². The Morgan fingerprint density at radius 1 is 0.966 bits per heavy atom. The molecule has 10 heteroatoms. The number of hydrogen-bond donors (Lipinski definition) is 0. The minimum atomic E-state index is -4.53. The first-order valence-electron chi connectivity index (χ1n) is 9.06. The molecule has 1 aromatic carbocycles. The molecule has 1 aromatic heterocycles. The van der Waals surface area contributed by atoms with Crippen LogP contribution in [0.4, 0.5) is 32.2 Å². The Bertz CT molecular complexity index is 811. The number of halogens is 6. The van der Waals surface area contributed by atoms with Crippen molar-refractivity contribution in [2.24, 2.45) is 0 Å². The van der Waals surface area contributed by atoms with Crippen LogP contribution in [-0.4, -0.2) is 41.3 Å². The number of piperidine rings is 1. The molecule has 0 aliphatic carbocycles. The van der Waals surface area contributed by atoms with Crippen molar-refractivity contribution in [3.8, 4) is 0 Å². The van der Waals surface area contributed by atoms with Crippen molar-refractivity contribution >= 4 is 5.82 Å². The standard InChI is InChI=1S/C19H20F6N4/c1-28(17-6-5-16(26-27-17)19(23,24)25)15-7-9-29(10-8-15)12-13-3-2-4-14(11-13)18(20,21)22/h2-6,11,15H,7-10,12H2,1H3. The van der Waals surface area contributed by atoms with E-state index in [4.69, 9.17) is 0 Å². The fraction of sp³-hybridized carbons (Fsp3) is 0.474. The van der Waals surface area contributed by atoms with E-state index in [-0.39, 0.29) is 6.04 Å². The van der Waals surface area contributed by atoms with Crippen LogP contribution < -0.4 is 4.90 Å². The molecule has 3 rings (SSSR count). The number of benzene rings is 1. The van der Waals surface area contributed by atoms with Gasteiger partial charge in [-0.25, -0.2) is 0 Å². The van der Waals surface area contributed by atoms with Crippen molar-refractivity contribution in [2.75, 3.05) is 25.0 Å². The summed E-state index contributed by atoms with van der Waals surface area (Å²) < 4.78 is 76.3. The number of alkyl halides is 6. The summed E-state index contributed by atoms with van der Waals surface area (Å²) in [5.41, 5.74) is -1.10. The first kappa shape index (κ1) is 21.4. The average molecular weight is 418 g/mol. The molecule has 1 aliphatic rings. The molecular formula is C19H20F6N4. The van der Waals surface area contributed by atoms with Gasteiger partial charge in [0.1, 0.15) is 0 Å². The van der Waals surface area contributed by atoms with E-state index in [9.17, 15) is 26.3 Å². The molecule has 0 unspecified atom stereocenters. The molecule has 2 heterocycles. The maximum Gasteiger partial charge on any atom is 0.435 e. The number of likely N-dealkylation sites (tertiary alicyclic amines) is 1. The minimum absolute atomic E-state index is 0.0683. The fourth-order valence-electron chi connectivity index (χ4n) is 3.42. The van der Waals surface area contributed by atoms with Gasteiger partial charge in [0.05, 0.1) is 5.56 Å². The number of anilines is 1. The van der Waals surface area contributed by atoms with Gasteiger partial charge in [-0.15, -0.1) is 10.2 Å². The Hall–Kier alpha value is -2.36. The fourth-order valence-corrected chi connectivity index (χ4v) is 3.42. The van der Waals surface area contributed by atoms with Crippen LogP contribution >= 0.6 is 0 Å². The van der Waals surface area contributed by atoms with Gasteiger partial charge in [0.2, 0.25) is 0 Å². The van der Waals surface area contributed by atoms with Crippen LogP contribution in [0.2, 0.25) is 0 Å².